The van der Waals surface area contributed by atoms with Gasteiger partial charge >= 0.3 is 0 Å². The molecule has 0 saturated heterocycles. The van der Waals surface area contributed by atoms with Crippen molar-refractivity contribution < 1.29 is 23.2 Å². The average molecular weight is 188 g/mol. The summed E-state index contributed by atoms with van der Waals surface area (Å²) in [6.45, 7) is -0.556. The van der Waals surface area contributed by atoms with Crippen LogP contribution in [0.2, 0.25) is 0 Å². The third kappa shape index (κ3) is 2.84. The van der Waals surface area contributed by atoms with Gasteiger partial charge in [0, 0.05) is 12.0 Å². The van der Waals surface area contributed by atoms with Crippen LogP contribution in [0.3, 0.4) is 0 Å². The zero-order chi connectivity index (χ0) is 8.20. The summed E-state index contributed by atoms with van der Waals surface area (Å²) in [6, 6.07) is 0. The van der Waals surface area contributed by atoms with E-state index in [1.165, 1.54) is 0 Å². The van der Waals surface area contributed by atoms with E-state index in [2.05, 4.69) is 0 Å². The van der Waals surface area contributed by atoms with Crippen molar-refractivity contribution >= 4 is 21.9 Å². The molecule has 1 unspecified atom stereocenters. The van der Waals surface area contributed by atoms with Crippen LogP contribution in [0.4, 0.5) is 0 Å². The molecule has 0 aromatic rings. The van der Waals surface area contributed by atoms with Crippen LogP contribution in [0, 0.1) is 0 Å². The van der Waals surface area contributed by atoms with E-state index in [1.54, 1.807) is 0 Å². The first-order valence-electron chi connectivity index (χ1n) is 2.35. The third-order valence-corrected chi connectivity index (χ3v) is 3.46. The van der Waals surface area contributed by atoms with Crippen LogP contribution in [0.25, 0.3) is 0 Å². The molecule has 0 aromatic carbocycles. The van der Waals surface area contributed by atoms with E-state index in [4.69, 9.17) is 14.8 Å². The van der Waals surface area contributed by atoms with E-state index >= 15 is 0 Å². The fourth-order valence-corrected chi connectivity index (χ4v) is 1.56. The van der Waals surface area contributed by atoms with Crippen LogP contribution in [0.15, 0.2) is 0 Å². The summed E-state index contributed by atoms with van der Waals surface area (Å²) in [7, 11) is -3.74. The van der Waals surface area contributed by atoms with Crippen LogP contribution in [-0.2, 0) is 9.84 Å². The van der Waals surface area contributed by atoms with E-state index in [1.807, 2.05) is 0 Å². The minimum Gasteiger partial charge on any atom is -0.395 e. The molecule has 0 rings (SSSR count). The molecular formula is C3H8O5S2. The van der Waals surface area contributed by atoms with Crippen molar-refractivity contribution in [2.75, 3.05) is 12.4 Å². The van der Waals surface area contributed by atoms with Gasteiger partial charge in [-0.3, -0.25) is 0 Å². The Morgan fingerprint density at radius 3 is 2.30 bits per heavy atom. The monoisotopic (exact) mass is 188 g/mol. The Kier molecular flexibility index (Phi) is 4.22. The summed E-state index contributed by atoms with van der Waals surface area (Å²) in [5.74, 6) is -0.540. The molecule has 10 heavy (non-hydrogen) atoms. The van der Waals surface area contributed by atoms with Gasteiger partial charge in [0.15, 0.2) is 9.84 Å². The van der Waals surface area contributed by atoms with Crippen LogP contribution in [0.5, 0.6) is 0 Å². The van der Waals surface area contributed by atoms with E-state index < -0.39 is 27.0 Å². The first-order valence-corrected chi connectivity index (χ1v) is 4.90. The number of aliphatic hydroxyl groups excluding tert-OH is 2. The highest BCUT2D eigenvalue weighted by Crippen LogP contribution is 2.10. The average Bonchev–Trinajstić information content (AvgIpc) is 1.86. The topological polar surface area (TPSA) is 94.8 Å². The lowest BCUT2D eigenvalue weighted by Crippen LogP contribution is -2.21. The summed E-state index contributed by atoms with van der Waals surface area (Å²) in [5.41, 5.74) is 0. The fourth-order valence-electron chi connectivity index (χ4n) is 0.294. The molecule has 0 aromatic heterocycles. The molecule has 3 N–H and O–H groups in total. The molecule has 7 heteroatoms. The van der Waals surface area contributed by atoms with Gasteiger partial charge in [-0.15, -0.1) is 0 Å². The Bertz CT molecular complexity index is 173. The van der Waals surface area contributed by atoms with Crippen molar-refractivity contribution in [1.82, 2.24) is 0 Å². The lowest BCUT2D eigenvalue weighted by molar-refractivity contribution is 0.304. The predicted octanol–water partition coefficient (Wildman–Crippen LogP) is -1.12. The summed E-state index contributed by atoms with van der Waals surface area (Å²) >= 11 is -0.172. The van der Waals surface area contributed by atoms with E-state index in [-0.39, 0.29) is 12.0 Å². The summed E-state index contributed by atoms with van der Waals surface area (Å²) < 4.78 is 27.4. The predicted molar refractivity (Wildman–Crippen MR) is 37.1 cm³/mol. The number of rotatable bonds is 4. The van der Waals surface area contributed by atoms with Gasteiger partial charge in [-0.05, 0) is 0 Å². The van der Waals surface area contributed by atoms with Gasteiger partial charge < -0.3 is 14.8 Å². The first-order chi connectivity index (χ1) is 4.54. The Labute approximate surface area is 62.8 Å². The van der Waals surface area contributed by atoms with Gasteiger partial charge in [0.05, 0.1) is 12.4 Å². The number of sulfone groups is 1. The number of aliphatic hydroxyl groups is 2. The molecule has 0 aliphatic rings. The fraction of sp³-hybridized carbons (Fsp3) is 1.00. The molecule has 0 radical (unpaired) electrons. The summed E-state index contributed by atoms with van der Waals surface area (Å²) in [4.78, 5) is 0. The van der Waals surface area contributed by atoms with E-state index in [0.717, 1.165) is 0 Å². The van der Waals surface area contributed by atoms with Gasteiger partial charge in [-0.25, -0.2) is 8.42 Å². The standard InChI is InChI=1S/C3H8O5S2/c4-1-2-10(7,8)3(5)9-6/h3-6H,1-2H2. The van der Waals surface area contributed by atoms with Crippen LogP contribution < -0.4 is 0 Å². The van der Waals surface area contributed by atoms with Crippen molar-refractivity contribution in [1.29, 1.82) is 0 Å². The molecule has 0 heterocycles. The Morgan fingerprint density at radius 1 is 1.50 bits per heavy atom. The zero-order valence-corrected chi connectivity index (χ0v) is 6.60. The van der Waals surface area contributed by atoms with Crippen molar-refractivity contribution in [3.05, 3.63) is 0 Å². The second-order valence-corrected chi connectivity index (χ2v) is 4.64. The zero-order valence-electron chi connectivity index (χ0n) is 4.97. The van der Waals surface area contributed by atoms with Crippen molar-refractivity contribution in [3.63, 3.8) is 0 Å². The lowest BCUT2D eigenvalue weighted by atomic mass is 10.9. The van der Waals surface area contributed by atoms with Crippen LogP contribution in [0.1, 0.15) is 0 Å². The highest BCUT2D eigenvalue weighted by molar-refractivity contribution is 8.10. The summed E-state index contributed by atoms with van der Waals surface area (Å²) in [5, 5.41) is 16.7. The normalized spacial score (nSPS) is 15.1. The Balaban J connectivity index is 4.12. The van der Waals surface area contributed by atoms with Crippen molar-refractivity contribution in [2.24, 2.45) is 0 Å². The molecule has 0 amide bonds. The molecular weight excluding hydrogens is 180 g/mol. The maximum absolute atomic E-state index is 10.6. The van der Waals surface area contributed by atoms with Crippen molar-refractivity contribution in [3.8, 4) is 0 Å². The molecule has 5 nitrogen and oxygen atoms in total. The maximum Gasteiger partial charge on any atom is 0.227 e. The van der Waals surface area contributed by atoms with Crippen LogP contribution in [-0.4, -0.2) is 40.3 Å². The first kappa shape index (κ1) is 10.2. The van der Waals surface area contributed by atoms with Crippen LogP contribution >= 0.6 is 12.0 Å². The largest absolute Gasteiger partial charge is 0.395 e. The highest BCUT2D eigenvalue weighted by atomic mass is 32.3. The molecule has 0 aliphatic heterocycles. The second kappa shape index (κ2) is 4.14. The highest BCUT2D eigenvalue weighted by Gasteiger charge is 2.21. The second-order valence-electron chi connectivity index (χ2n) is 1.50. The molecule has 0 fully saturated rings. The Morgan fingerprint density at radius 2 is 2.00 bits per heavy atom. The van der Waals surface area contributed by atoms with E-state index in [9.17, 15) is 8.42 Å². The van der Waals surface area contributed by atoms with E-state index in [0.29, 0.717) is 0 Å². The molecule has 0 aliphatic carbocycles. The minimum absolute atomic E-state index is 0.172. The molecule has 62 valence electrons. The molecule has 0 saturated carbocycles. The van der Waals surface area contributed by atoms with Gasteiger partial charge in [-0.2, -0.15) is 0 Å². The molecule has 0 spiro atoms. The SMILES string of the molecule is O=S(=O)(CCO)C(O)SO. The molecule has 0 bridgehead atoms. The third-order valence-electron chi connectivity index (χ3n) is 0.773. The van der Waals surface area contributed by atoms with Gasteiger partial charge in [0.25, 0.3) is 0 Å². The summed E-state index contributed by atoms with van der Waals surface area (Å²) in [6.07, 6.45) is 0. The van der Waals surface area contributed by atoms with Crippen molar-refractivity contribution in [2.45, 2.75) is 4.77 Å². The quantitative estimate of drug-likeness (QED) is 0.382. The number of hydrogen-bond donors (Lipinski definition) is 3. The molecule has 1 atom stereocenters. The van der Waals surface area contributed by atoms with Gasteiger partial charge in [0.1, 0.15) is 0 Å². The van der Waals surface area contributed by atoms with Gasteiger partial charge in [-0.1, -0.05) is 0 Å². The smallest absolute Gasteiger partial charge is 0.227 e. The Hall–Kier alpha value is 0.180. The lowest BCUT2D eigenvalue weighted by Gasteiger charge is -2.04. The van der Waals surface area contributed by atoms with Gasteiger partial charge in [0.2, 0.25) is 4.77 Å². The minimum atomic E-state index is -3.74. The maximum atomic E-state index is 10.6. The number of hydrogen-bond acceptors (Lipinski definition) is 6.